The molecular weight excluding hydrogens is 375 g/mol. The molecule has 0 aliphatic rings. The van der Waals surface area contributed by atoms with Gasteiger partial charge in [0.2, 0.25) is 0 Å². The van der Waals surface area contributed by atoms with Gasteiger partial charge in [0.1, 0.15) is 28.7 Å². The largest absolute Gasteiger partial charge is 0.497 e. The topological polar surface area (TPSA) is 65.7 Å². The van der Waals surface area contributed by atoms with E-state index in [1.165, 1.54) is 42.5 Å². The van der Waals surface area contributed by atoms with E-state index >= 15 is 0 Å². The molecule has 3 aromatic carbocycles. The number of methoxy groups -OCH3 is 1. The molecule has 5 nitrogen and oxygen atoms in total. The number of esters is 1. The number of hydrogen-bond donors (Lipinski definition) is 0. The fourth-order valence-electron chi connectivity index (χ4n) is 2.85. The number of hydrogen-bond acceptors (Lipinski definition) is 5. The van der Waals surface area contributed by atoms with Gasteiger partial charge < -0.3 is 13.9 Å². The number of carbonyl (C=O) groups excluding carboxylic acids is 1. The predicted molar refractivity (Wildman–Crippen MR) is 106 cm³/mol. The third kappa shape index (κ3) is 3.87. The molecule has 29 heavy (non-hydrogen) atoms. The highest BCUT2D eigenvalue weighted by Gasteiger charge is 2.12. The van der Waals surface area contributed by atoms with Crippen LogP contribution < -0.4 is 14.9 Å². The fraction of sp³-hybridized carbons (Fsp3) is 0.0435. The summed E-state index contributed by atoms with van der Waals surface area (Å²) in [6.07, 6.45) is 0. The van der Waals surface area contributed by atoms with Gasteiger partial charge in [0.25, 0.3) is 0 Å². The second-order valence-electron chi connectivity index (χ2n) is 6.26. The molecule has 0 aliphatic heterocycles. The Hall–Kier alpha value is -3.93. The van der Waals surface area contributed by atoms with Crippen LogP contribution in [0.3, 0.4) is 0 Å². The number of rotatable bonds is 4. The molecule has 1 aromatic heterocycles. The lowest BCUT2D eigenvalue weighted by atomic mass is 10.1. The normalized spacial score (nSPS) is 10.7. The Kier molecular flexibility index (Phi) is 4.83. The van der Waals surface area contributed by atoms with Crippen molar-refractivity contribution in [3.05, 3.63) is 94.4 Å². The van der Waals surface area contributed by atoms with E-state index in [0.29, 0.717) is 17.1 Å². The van der Waals surface area contributed by atoms with Gasteiger partial charge in [-0.1, -0.05) is 0 Å². The zero-order chi connectivity index (χ0) is 20.4. The molecule has 1 heterocycles. The van der Waals surface area contributed by atoms with Gasteiger partial charge in [-0.05, 0) is 66.7 Å². The molecule has 0 radical (unpaired) electrons. The van der Waals surface area contributed by atoms with Gasteiger partial charge in [-0.15, -0.1) is 0 Å². The van der Waals surface area contributed by atoms with Crippen LogP contribution in [0.1, 0.15) is 10.4 Å². The third-order valence-electron chi connectivity index (χ3n) is 4.36. The fourth-order valence-corrected chi connectivity index (χ4v) is 2.85. The van der Waals surface area contributed by atoms with Crippen molar-refractivity contribution in [3.8, 4) is 22.8 Å². The standard InChI is InChI=1S/C23H15FO5/c1-27-17-8-4-14(5-9-17)22-13-20(25)19-12-18(10-11-21(19)29-22)28-23(26)15-2-6-16(24)7-3-15/h2-13H,1H3. The summed E-state index contributed by atoms with van der Waals surface area (Å²) in [7, 11) is 1.58. The molecular formula is C23H15FO5. The quantitative estimate of drug-likeness (QED) is 0.369. The van der Waals surface area contributed by atoms with Gasteiger partial charge in [0.05, 0.1) is 18.1 Å². The lowest BCUT2D eigenvalue weighted by Crippen LogP contribution is -2.09. The van der Waals surface area contributed by atoms with Crippen LogP contribution in [-0.4, -0.2) is 13.1 Å². The molecule has 0 saturated carbocycles. The van der Waals surface area contributed by atoms with E-state index in [1.807, 2.05) is 0 Å². The number of ether oxygens (including phenoxy) is 2. The first kappa shape index (κ1) is 18.4. The van der Waals surface area contributed by atoms with Crippen LogP contribution in [0.15, 0.2) is 82.0 Å². The van der Waals surface area contributed by atoms with E-state index in [0.717, 1.165) is 5.56 Å². The Labute approximate surface area is 164 Å². The van der Waals surface area contributed by atoms with Crippen molar-refractivity contribution in [2.24, 2.45) is 0 Å². The van der Waals surface area contributed by atoms with Gasteiger partial charge in [-0.25, -0.2) is 9.18 Å². The van der Waals surface area contributed by atoms with Gasteiger partial charge in [-0.2, -0.15) is 0 Å². The average Bonchev–Trinajstić information content (AvgIpc) is 2.74. The van der Waals surface area contributed by atoms with E-state index in [2.05, 4.69) is 0 Å². The minimum atomic E-state index is -0.649. The molecule has 0 fully saturated rings. The van der Waals surface area contributed by atoms with E-state index in [4.69, 9.17) is 13.9 Å². The summed E-state index contributed by atoms with van der Waals surface area (Å²) < 4.78 is 29.2. The second kappa shape index (κ2) is 7.59. The first-order chi connectivity index (χ1) is 14.0. The molecule has 0 N–H and O–H groups in total. The summed E-state index contributed by atoms with van der Waals surface area (Å²) in [6.45, 7) is 0. The second-order valence-corrected chi connectivity index (χ2v) is 6.26. The van der Waals surface area contributed by atoms with Gasteiger partial charge in [0, 0.05) is 11.6 Å². The predicted octanol–water partition coefficient (Wildman–Crippen LogP) is 4.83. The highest BCUT2D eigenvalue weighted by molar-refractivity contribution is 5.91. The first-order valence-corrected chi connectivity index (χ1v) is 8.73. The monoisotopic (exact) mass is 390 g/mol. The first-order valence-electron chi connectivity index (χ1n) is 8.73. The third-order valence-corrected chi connectivity index (χ3v) is 4.36. The minimum Gasteiger partial charge on any atom is -0.497 e. The molecule has 0 atom stereocenters. The van der Waals surface area contributed by atoms with E-state index < -0.39 is 11.8 Å². The van der Waals surface area contributed by atoms with Crippen LogP contribution in [0, 0.1) is 5.82 Å². The zero-order valence-electron chi connectivity index (χ0n) is 15.3. The summed E-state index contributed by atoms with van der Waals surface area (Å²) in [4.78, 5) is 24.8. The van der Waals surface area contributed by atoms with Crippen LogP contribution in [0.2, 0.25) is 0 Å². The Morgan fingerprint density at radius 1 is 0.897 bits per heavy atom. The molecule has 144 valence electrons. The van der Waals surface area contributed by atoms with Crippen LogP contribution in [-0.2, 0) is 0 Å². The Morgan fingerprint density at radius 2 is 1.59 bits per heavy atom. The van der Waals surface area contributed by atoms with Crippen molar-refractivity contribution in [1.82, 2.24) is 0 Å². The summed E-state index contributed by atoms with van der Waals surface area (Å²) in [6, 6.07) is 18.1. The summed E-state index contributed by atoms with van der Waals surface area (Å²) in [5.41, 5.74) is 1.03. The minimum absolute atomic E-state index is 0.191. The molecule has 4 rings (SSSR count). The van der Waals surface area contributed by atoms with Crippen molar-refractivity contribution in [1.29, 1.82) is 0 Å². The smallest absolute Gasteiger partial charge is 0.343 e. The van der Waals surface area contributed by atoms with E-state index in [9.17, 15) is 14.0 Å². The van der Waals surface area contributed by atoms with Crippen molar-refractivity contribution >= 4 is 16.9 Å². The van der Waals surface area contributed by atoms with Crippen LogP contribution >= 0.6 is 0 Å². The maximum atomic E-state index is 13.0. The summed E-state index contributed by atoms with van der Waals surface area (Å²) in [5, 5.41) is 0.284. The molecule has 0 saturated heterocycles. The Bertz CT molecular complexity index is 1240. The highest BCUT2D eigenvalue weighted by Crippen LogP contribution is 2.26. The van der Waals surface area contributed by atoms with E-state index in [-0.39, 0.29) is 22.1 Å². The van der Waals surface area contributed by atoms with Gasteiger partial charge >= 0.3 is 5.97 Å². The van der Waals surface area contributed by atoms with Crippen molar-refractivity contribution in [2.75, 3.05) is 7.11 Å². The molecule has 0 aliphatic carbocycles. The zero-order valence-corrected chi connectivity index (χ0v) is 15.3. The lowest BCUT2D eigenvalue weighted by molar-refractivity contribution is 0.0735. The van der Waals surface area contributed by atoms with Crippen molar-refractivity contribution in [3.63, 3.8) is 0 Å². The summed E-state index contributed by atoms with van der Waals surface area (Å²) >= 11 is 0. The average molecular weight is 390 g/mol. The maximum absolute atomic E-state index is 13.0. The van der Waals surface area contributed by atoms with E-state index in [1.54, 1.807) is 37.4 Å². The Balaban J connectivity index is 1.64. The molecule has 0 bridgehead atoms. The molecule has 6 heteroatoms. The van der Waals surface area contributed by atoms with Gasteiger partial charge in [0.15, 0.2) is 5.43 Å². The van der Waals surface area contributed by atoms with Crippen molar-refractivity contribution in [2.45, 2.75) is 0 Å². The number of benzene rings is 3. The van der Waals surface area contributed by atoms with Gasteiger partial charge in [-0.3, -0.25) is 4.79 Å². The van der Waals surface area contributed by atoms with Crippen LogP contribution in [0.25, 0.3) is 22.3 Å². The lowest BCUT2D eigenvalue weighted by Gasteiger charge is -2.07. The van der Waals surface area contributed by atoms with Crippen LogP contribution in [0.5, 0.6) is 11.5 Å². The Morgan fingerprint density at radius 3 is 2.28 bits per heavy atom. The number of halogens is 1. The molecule has 4 aromatic rings. The molecule has 0 unspecified atom stereocenters. The summed E-state index contributed by atoms with van der Waals surface area (Å²) in [5.74, 6) is 0.211. The number of fused-ring (bicyclic) bond motifs is 1. The SMILES string of the molecule is COc1ccc(-c2cc(=O)c3cc(OC(=O)c4ccc(F)cc4)ccc3o2)cc1. The van der Waals surface area contributed by atoms with Crippen molar-refractivity contribution < 1.29 is 23.1 Å². The number of carbonyl (C=O) groups is 1. The van der Waals surface area contributed by atoms with Crippen LogP contribution in [0.4, 0.5) is 4.39 Å². The molecule has 0 amide bonds. The molecule has 0 spiro atoms. The maximum Gasteiger partial charge on any atom is 0.343 e. The highest BCUT2D eigenvalue weighted by atomic mass is 19.1.